The molecule has 1 aromatic rings. The van der Waals surface area contributed by atoms with Gasteiger partial charge in [0.25, 0.3) is 0 Å². The standard InChI is InChI=1S/C12H16O3.CCl3NO2/c1-2-3-10(13)6-9-4-5-11-12(7-9)15-8-14-11;2-1(3,4)5(6)7/h4-5,7,10,13H,2-3,6,8H2,1H3;. The fraction of sp³-hybridized carbons (Fsp3) is 0.538. The van der Waals surface area contributed by atoms with Gasteiger partial charge in [-0.2, -0.15) is 0 Å². The van der Waals surface area contributed by atoms with Gasteiger partial charge in [0.1, 0.15) is 0 Å². The summed E-state index contributed by atoms with van der Waals surface area (Å²) in [5, 5.41) is 19.1. The number of nitro groups is 1. The van der Waals surface area contributed by atoms with Crippen molar-refractivity contribution in [3.63, 3.8) is 0 Å². The van der Waals surface area contributed by atoms with E-state index in [1.165, 1.54) is 0 Å². The van der Waals surface area contributed by atoms with Gasteiger partial charge in [-0.3, -0.25) is 10.1 Å². The van der Waals surface area contributed by atoms with Gasteiger partial charge in [-0.15, -0.1) is 0 Å². The SMILES string of the molecule is CCCC(O)Cc1ccc2c(c1)OCO2.O=[N+]([O-])C(Cl)(Cl)Cl. The molecule has 1 aliphatic heterocycles. The molecule has 0 spiro atoms. The number of hydrogen-bond acceptors (Lipinski definition) is 5. The number of alkyl halides is 3. The topological polar surface area (TPSA) is 81.8 Å². The highest BCUT2D eigenvalue weighted by Crippen LogP contribution is 2.32. The fourth-order valence-corrected chi connectivity index (χ4v) is 1.78. The molecule has 0 saturated heterocycles. The Labute approximate surface area is 143 Å². The van der Waals surface area contributed by atoms with Crippen LogP contribution in [-0.2, 0) is 6.42 Å². The summed E-state index contributed by atoms with van der Waals surface area (Å²) in [6.07, 6.45) is 2.28. The van der Waals surface area contributed by atoms with Gasteiger partial charge >= 0.3 is 3.92 Å². The summed E-state index contributed by atoms with van der Waals surface area (Å²) < 4.78 is 8.14. The lowest BCUT2D eigenvalue weighted by atomic mass is 10.0. The quantitative estimate of drug-likeness (QED) is 0.377. The zero-order chi connectivity index (χ0) is 16.8. The summed E-state index contributed by atoms with van der Waals surface area (Å²) in [6.45, 7) is 2.37. The van der Waals surface area contributed by atoms with Crippen molar-refractivity contribution >= 4 is 34.8 Å². The van der Waals surface area contributed by atoms with Crippen LogP contribution in [0.1, 0.15) is 25.3 Å². The lowest BCUT2D eigenvalue weighted by Gasteiger charge is -2.09. The van der Waals surface area contributed by atoms with Gasteiger partial charge in [-0.05, 0) is 65.3 Å². The van der Waals surface area contributed by atoms with Crippen LogP contribution in [-0.4, -0.2) is 26.8 Å². The van der Waals surface area contributed by atoms with Gasteiger partial charge in [0.15, 0.2) is 11.5 Å². The molecule has 1 atom stereocenters. The van der Waals surface area contributed by atoms with Crippen molar-refractivity contribution in [1.82, 2.24) is 0 Å². The summed E-state index contributed by atoms with van der Waals surface area (Å²) in [7, 11) is 0. The second-order valence-corrected chi connectivity index (χ2v) is 6.78. The Hall–Kier alpha value is -0.950. The minimum absolute atomic E-state index is 0.254. The van der Waals surface area contributed by atoms with Crippen molar-refractivity contribution in [3.05, 3.63) is 33.9 Å². The molecule has 0 bridgehead atoms. The van der Waals surface area contributed by atoms with Crippen LogP contribution in [0.2, 0.25) is 0 Å². The molecule has 1 aliphatic rings. The van der Waals surface area contributed by atoms with E-state index in [0.29, 0.717) is 13.2 Å². The molecule has 0 amide bonds. The maximum absolute atomic E-state index is 9.68. The summed E-state index contributed by atoms with van der Waals surface area (Å²) >= 11 is 14.1. The largest absolute Gasteiger partial charge is 0.454 e. The number of hydrogen-bond donors (Lipinski definition) is 1. The fourth-order valence-electron chi connectivity index (χ4n) is 1.78. The third-order valence-corrected chi connectivity index (χ3v) is 3.15. The lowest BCUT2D eigenvalue weighted by Crippen LogP contribution is -2.15. The number of fused-ring (bicyclic) bond motifs is 1. The lowest BCUT2D eigenvalue weighted by molar-refractivity contribution is -0.491. The molecule has 124 valence electrons. The first kappa shape index (κ1) is 19.1. The molecule has 0 fully saturated rings. The van der Waals surface area contributed by atoms with Gasteiger partial charge in [-0.1, -0.05) is 19.4 Å². The van der Waals surface area contributed by atoms with E-state index in [-0.39, 0.29) is 6.10 Å². The number of halogens is 3. The molecule has 2 rings (SSSR count). The van der Waals surface area contributed by atoms with E-state index in [9.17, 15) is 15.2 Å². The molecule has 0 saturated carbocycles. The van der Waals surface area contributed by atoms with E-state index in [0.717, 1.165) is 29.9 Å². The van der Waals surface area contributed by atoms with E-state index in [1.807, 2.05) is 18.2 Å². The Bertz CT molecular complexity index is 507. The molecule has 1 unspecified atom stereocenters. The van der Waals surface area contributed by atoms with Crippen molar-refractivity contribution in [2.45, 2.75) is 36.2 Å². The van der Waals surface area contributed by atoms with Crippen LogP contribution in [0.5, 0.6) is 11.5 Å². The smallest absolute Gasteiger partial charge is 0.449 e. The Morgan fingerprint density at radius 2 is 1.95 bits per heavy atom. The monoisotopic (exact) mass is 371 g/mol. The van der Waals surface area contributed by atoms with Crippen molar-refractivity contribution < 1.29 is 19.5 Å². The first-order valence-corrected chi connectivity index (χ1v) is 7.65. The second kappa shape index (κ2) is 8.62. The highest BCUT2D eigenvalue weighted by molar-refractivity contribution is 6.65. The molecular formula is C13H16Cl3NO5. The molecular weight excluding hydrogens is 357 g/mol. The summed E-state index contributed by atoms with van der Waals surface area (Å²) in [6, 6.07) is 5.82. The van der Waals surface area contributed by atoms with Gasteiger partial charge in [0, 0.05) is 0 Å². The second-order valence-electron chi connectivity index (χ2n) is 4.56. The first-order chi connectivity index (χ1) is 10.2. The van der Waals surface area contributed by atoms with Crippen LogP contribution >= 0.6 is 34.8 Å². The Kier molecular flexibility index (Phi) is 7.48. The minimum atomic E-state index is -2.36. The molecule has 0 aromatic heterocycles. The Morgan fingerprint density at radius 3 is 2.50 bits per heavy atom. The number of nitrogens with zero attached hydrogens (tertiary/aromatic N) is 1. The molecule has 9 heteroatoms. The Morgan fingerprint density at radius 1 is 1.36 bits per heavy atom. The molecule has 0 aliphatic carbocycles. The van der Waals surface area contributed by atoms with E-state index in [4.69, 9.17) is 44.3 Å². The Balaban J connectivity index is 0.000000295. The molecule has 1 heterocycles. The average molecular weight is 373 g/mol. The number of aliphatic hydroxyl groups excluding tert-OH is 1. The molecule has 1 aromatic carbocycles. The predicted molar refractivity (Wildman–Crippen MR) is 84.5 cm³/mol. The van der Waals surface area contributed by atoms with Gasteiger partial charge in [0.2, 0.25) is 6.79 Å². The first-order valence-electron chi connectivity index (χ1n) is 6.51. The van der Waals surface area contributed by atoms with E-state index >= 15 is 0 Å². The van der Waals surface area contributed by atoms with Crippen molar-refractivity contribution in [1.29, 1.82) is 0 Å². The average Bonchev–Trinajstić information content (AvgIpc) is 2.86. The van der Waals surface area contributed by atoms with E-state index < -0.39 is 8.84 Å². The molecule has 22 heavy (non-hydrogen) atoms. The van der Waals surface area contributed by atoms with Gasteiger partial charge < -0.3 is 14.6 Å². The van der Waals surface area contributed by atoms with Crippen LogP contribution < -0.4 is 9.47 Å². The van der Waals surface area contributed by atoms with Crippen LogP contribution in [0.15, 0.2) is 18.2 Å². The maximum atomic E-state index is 9.68. The highest BCUT2D eigenvalue weighted by Gasteiger charge is 2.33. The van der Waals surface area contributed by atoms with E-state index in [1.54, 1.807) is 0 Å². The minimum Gasteiger partial charge on any atom is -0.454 e. The third kappa shape index (κ3) is 6.44. The molecule has 6 nitrogen and oxygen atoms in total. The highest BCUT2D eigenvalue weighted by atomic mass is 35.6. The number of aliphatic hydroxyl groups is 1. The third-order valence-electron chi connectivity index (χ3n) is 2.74. The van der Waals surface area contributed by atoms with Crippen molar-refractivity contribution in [2.24, 2.45) is 0 Å². The number of benzene rings is 1. The van der Waals surface area contributed by atoms with E-state index in [2.05, 4.69) is 6.92 Å². The van der Waals surface area contributed by atoms with Gasteiger partial charge in [-0.25, -0.2) is 0 Å². The van der Waals surface area contributed by atoms with Crippen LogP contribution in [0.25, 0.3) is 0 Å². The predicted octanol–water partition coefficient (Wildman–Crippen LogP) is 3.71. The molecule has 1 N–H and O–H groups in total. The van der Waals surface area contributed by atoms with Crippen molar-refractivity contribution in [3.8, 4) is 11.5 Å². The van der Waals surface area contributed by atoms with Gasteiger partial charge in [0.05, 0.1) is 11.0 Å². The van der Waals surface area contributed by atoms with Crippen LogP contribution in [0.4, 0.5) is 0 Å². The summed E-state index contributed by atoms with van der Waals surface area (Å²) in [5.41, 5.74) is 1.10. The normalized spacial score (nSPS) is 14.0. The zero-order valence-corrected chi connectivity index (χ0v) is 14.1. The number of rotatable bonds is 4. The van der Waals surface area contributed by atoms with Crippen LogP contribution in [0.3, 0.4) is 0 Å². The molecule has 0 radical (unpaired) electrons. The van der Waals surface area contributed by atoms with Crippen molar-refractivity contribution in [2.75, 3.05) is 6.79 Å². The zero-order valence-electron chi connectivity index (χ0n) is 11.8. The maximum Gasteiger partial charge on any atom is 0.449 e. The summed E-state index contributed by atoms with van der Waals surface area (Å²) in [4.78, 5) is 8.41. The number of ether oxygens (including phenoxy) is 2. The summed E-state index contributed by atoms with van der Waals surface area (Å²) in [5.74, 6) is 1.58. The van der Waals surface area contributed by atoms with Crippen LogP contribution in [0, 0.1) is 10.1 Å².